The van der Waals surface area contributed by atoms with Crippen molar-refractivity contribution in [3.8, 4) is 5.75 Å². The molecule has 1 saturated heterocycles. The van der Waals surface area contributed by atoms with Gasteiger partial charge in [-0.25, -0.2) is 4.39 Å². The number of halogens is 1. The van der Waals surface area contributed by atoms with E-state index < -0.39 is 17.7 Å². The van der Waals surface area contributed by atoms with Crippen LogP contribution in [0, 0.1) is 12.7 Å². The molecule has 5 nitrogen and oxygen atoms in total. The number of Topliss-reactive ketones (excluding diaryl/α,β-unsaturated/α-hetero) is 1. The Labute approximate surface area is 198 Å². The summed E-state index contributed by atoms with van der Waals surface area (Å²) in [6.45, 7) is 5.81. The maximum Gasteiger partial charge on any atom is 0.295 e. The number of carbonyl (C=O) groups is 2. The molecule has 34 heavy (non-hydrogen) atoms. The predicted octanol–water partition coefficient (Wildman–Crippen LogP) is 5.54. The van der Waals surface area contributed by atoms with E-state index in [0.717, 1.165) is 5.56 Å². The van der Waals surface area contributed by atoms with Crippen LogP contribution in [0.2, 0.25) is 0 Å². The fourth-order valence-electron chi connectivity index (χ4n) is 4.15. The fourth-order valence-corrected chi connectivity index (χ4v) is 4.15. The Bertz CT molecular complexity index is 1250. The molecule has 0 bridgehead atoms. The fraction of sp³-hybridized carbons (Fsp3) is 0.214. The number of ether oxygens (including phenoxy) is 1. The van der Waals surface area contributed by atoms with Crippen LogP contribution in [0.25, 0.3) is 5.76 Å². The maximum atomic E-state index is 13.4. The first-order valence-electron chi connectivity index (χ1n) is 11.1. The van der Waals surface area contributed by atoms with Crippen molar-refractivity contribution in [3.05, 3.63) is 106 Å². The molecule has 1 amide bonds. The van der Waals surface area contributed by atoms with Crippen LogP contribution in [0.3, 0.4) is 0 Å². The van der Waals surface area contributed by atoms with Gasteiger partial charge >= 0.3 is 0 Å². The van der Waals surface area contributed by atoms with E-state index in [1.54, 1.807) is 30.3 Å². The van der Waals surface area contributed by atoms with Crippen molar-refractivity contribution in [3.63, 3.8) is 0 Å². The zero-order valence-electron chi connectivity index (χ0n) is 19.3. The number of aliphatic hydroxyl groups excluding tert-OH is 1. The number of carbonyl (C=O) groups excluding carboxylic acids is 2. The number of benzene rings is 3. The van der Waals surface area contributed by atoms with E-state index in [4.69, 9.17) is 4.74 Å². The Morgan fingerprint density at radius 1 is 1.03 bits per heavy atom. The van der Waals surface area contributed by atoms with Gasteiger partial charge in [-0.05, 0) is 67.8 Å². The molecule has 0 spiro atoms. The van der Waals surface area contributed by atoms with E-state index in [9.17, 15) is 19.1 Å². The molecule has 0 radical (unpaired) electrons. The molecule has 0 saturated carbocycles. The second-order valence-corrected chi connectivity index (χ2v) is 8.61. The summed E-state index contributed by atoms with van der Waals surface area (Å²) >= 11 is 0. The van der Waals surface area contributed by atoms with Gasteiger partial charge in [0.05, 0.1) is 17.7 Å². The monoisotopic (exact) mass is 459 g/mol. The summed E-state index contributed by atoms with van der Waals surface area (Å²) in [5, 5.41) is 11.2. The minimum atomic E-state index is -0.779. The molecule has 1 aliphatic rings. The third-order valence-corrected chi connectivity index (χ3v) is 5.73. The van der Waals surface area contributed by atoms with Crippen LogP contribution >= 0.6 is 0 Å². The molecule has 1 atom stereocenters. The molecule has 3 aromatic carbocycles. The van der Waals surface area contributed by atoms with Crippen LogP contribution in [0.1, 0.15) is 42.1 Å². The lowest BCUT2D eigenvalue weighted by Crippen LogP contribution is -2.29. The van der Waals surface area contributed by atoms with Crippen molar-refractivity contribution < 1.29 is 23.8 Å². The Kier molecular flexibility index (Phi) is 6.50. The molecule has 6 heteroatoms. The van der Waals surface area contributed by atoms with Gasteiger partial charge in [0, 0.05) is 12.1 Å². The Morgan fingerprint density at radius 3 is 2.32 bits per heavy atom. The quantitative estimate of drug-likeness (QED) is 0.298. The SMILES string of the molecule is Cc1cc(/C(O)=C2/C(=O)C(=O)N(Cc3ccc(F)cc3)C2c2ccccc2)ccc1OC(C)C. The van der Waals surface area contributed by atoms with Crippen molar-refractivity contribution in [1.82, 2.24) is 4.90 Å². The molecule has 4 rings (SSSR count). The van der Waals surface area contributed by atoms with Crippen molar-refractivity contribution in [1.29, 1.82) is 0 Å². The van der Waals surface area contributed by atoms with Crippen molar-refractivity contribution >= 4 is 17.4 Å². The number of ketones is 1. The summed E-state index contributed by atoms with van der Waals surface area (Å²) in [5.41, 5.74) is 2.62. The lowest BCUT2D eigenvalue weighted by Gasteiger charge is -2.25. The van der Waals surface area contributed by atoms with Crippen molar-refractivity contribution in [2.24, 2.45) is 0 Å². The van der Waals surface area contributed by atoms with Gasteiger partial charge in [-0.3, -0.25) is 9.59 Å². The molecule has 1 aliphatic heterocycles. The standard InChI is InChI=1S/C28H26FNO4/c1-17(2)34-23-14-11-21(15-18(23)3)26(31)24-25(20-7-5-4-6-8-20)30(28(33)27(24)32)16-19-9-12-22(29)13-10-19/h4-15,17,25,31H,16H2,1-3H3/b26-24-. The van der Waals surface area contributed by atoms with Gasteiger partial charge in [0.25, 0.3) is 11.7 Å². The lowest BCUT2D eigenvalue weighted by molar-refractivity contribution is -0.140. The normalized spacial score (nSPS) is 17.4. The highest BCUT2D eigenvalue weighted by Gasteiger charge is 2.46. The number of hydrogen-bond acceptors (Lipinski definition) is 4. The van der Waals surface area contributed by atoms with Gasteiger partial charge in [-0.15, -0.1) is 0 Å². The van der Waals surface area contributed by atoms with E-state index in [2.05, 4.69) is 0 Å². The number of aryl methyl sites for hydroxylation is 1. The van der Waals surface area contributed by atoms with Gasteiger partial charge in [0.1, 0.15) is 17.3 Å². The van der Waals surface area contributed by atoms with Gasteiger partial charge in [-0.2, -0.15) is 0 Å². The first-order valence-corrected chi connectivity index (χ1v) is 11.1. The van der Waals surface area contributed by atoms with Gasteiger partial charge in [0.2, 0.25) is 0 Å². The molecule has 0 aromatic heterocycles. The zero-order chi connectivity index (χ0) is 24.4. The van der Waals surface area contributed by atoms with Crippen LogP contribution in [0.4, 0.5) is 4.39 Å². The highest BCUT2D eigenvalue weighted by atomic mass is 19.1. The Morgan fingerprint density at radius 2 is 1.71 bits per heavy atom. The van der Waals surface area contributed by atoms with E-state index in [0.29, 0.717) is 22.4 Å². The molecule has 1 heterocycles. The molecule has 1 N–H and O–H groups in total. The lowest BCUT2D eigenvalue weighted by atomic mass is 9.94. The molecular weight excluding hydrogens is 433 g/mol. The molecule has 0 aliphatic carbocycles. The van der Waals surface area contributed by atoms with Crippen LogP contribution in [0.5, 0.6) is 5.75 Å². The molecule has 174 valence electrons. The van der Waals surface area contributed by atoms with Crippen LogP contribution in [0.15, 0.2) is 78.4 Å². The van der Waals surface area contributed by atoms with Gasteiger partial charge in [0.15, 0.2) is 0 Å². The summed E-state index contributed by atoms with van der Waals surface area (Å²) in [6, 6.07) is 19.3. The van der Waals surface area contributed by atoms with Gasteiger partial charge < -0.3 is 14.7 Å². The average molecular weight is 460 g/mol. The third-order valence-electron chi connectivity index (χ3n) is 5.73. The van der Waals surface area contributed by atoms with E-state index in [-0.39, 0.29) is 29.8 Å². The highest BCUT2D eigenvalue weighted by molar-refractivity contribution is 6.46. The van der Waals surface area contributed by atoms with Gasteiger partial charge in [-0.1, -0.05) is 42.5 Å². The predicted molar refractivity (Wildman–Crippen MR) is 128 cm³/mol. The van der Waals surface area contributed by atoms with Crippen LogP contribution in [-0.4, -0.2) is 27.8 Å². The van der Waals surface area contributed by atoms with Crippen molar-refractivity contribution in [2.75, 3.05) is 0 Å². The first-order chi connectivity index (χ1) is 16.3. The van der Waals surface area contributed by atoms with E-state index >= 15 is 0 Å². The Hall–Kier alpha value is -3.93. The average Bonchev–Trinajstić information content (AvgIpc) is 3.06. The summed E-state index contributed by atoms with van der Waals surface area (Å²) < 4.78 is 19.2. The third kappa shape index (κ3) is 4.57. The number of nitrogens with zero attached hydrogens (tertiary/aromatic N) is 1. The number of rotatable bonds is 6. The minimum Gasteiger partial charge on any atom is -0.507 e. The van der Waals surface area contributed by atoms with Crippen LogP contribution < -0.4 is 4.74 Å². The second-order valence-electron chi connectivity index (χ2n) is 8.61. The minimum absolute atomic E-state index is 0.00647. The smallest absolute Gasteiger partial charge is 0.295 e. The summed E-state index contributed by atoms with van der Waals surface area (Å²) in [6.07, 6.45) is -0.00647. The molecular formula is C28H26FNO4. The highest BCUT2D eigenvalue weighted by Crippen LogP contribution is 2.40. The number of aliphatic hydroxyl groups is 1. The molecule has 3 aromatic rings. The second kappa shape index (κ2) is 9.51. The van der Waals surface area contributed by atoms with Crippen LogP contribution in [-0.2, 0) is 16.1 Å². The summed E-state index contributed by atoms with van der Waals surface area (Å²) in [4.78, 5) is 27.7. The van der Waals surface area contributed by atoms with Crippen molar-refractivity contribution in [2.45, 2.75) is 39.5 Å². The molecule has 1 unspecified atom stereocenters. The number of likely N-dealkylation sites (tertiary alicyclic amines) is 1. The number of hydrogen-bond donors (Lipinski definition) is 1. The van der Waals surface area contributed by atoms with E-state index in [1.807, 2.05) is 51.1 Å². The summed E-state index contributed by atoms with van der Waals surface area (Å²) in [7, 11) is 0. The summed E-state index contributed by atoms with van der Waals surface area (Å²) in [5.74, 6) is -1.41. The number of amides is 1. The van der Waals surface area contributed by atoms with E-state index in [1.165, 1.54) is 17.0 Å². The zero-order valence-corrected chi connectivity index (χ0v) is 19.3. The first kappa shape index (κ1) is 23.2. The maximum absolute atomic E-state index is 13.4. The Balaban J connectivity index is 1.80. The molecule has 1 fully saturated rings. The largest absolute Gasteiger partial charge is 0.507 e. The topological polar surface area (TPSA) is 66.8 Å².